The Hall–Kier alpha value is -8.80. The van der Waals surface area contributed by atoms with Gasteiger partial charge in [-0.1, -0.05) is 95.3 Å². The SMILES string of the molecule is CC(C)C(NC(=O)CNC(=O)OCc1ccccc1)C(=O)N[C@@H](CC(N)=O)C(=O)N[C@@H](CCN(C(=O)CO)[C@@H](c1cc(-c2cc(F)ccc2F)cn1Cc1ccccc1)C(C)(C)C)C(=O)NCCNC(=O)CN1C(=O)C=CC1=O. The molecule has 1 unspecified atom stereocenters. The van der Waals surface area contributed by atoms with Gasteiger partial charge >= 0.3 is 6.09 Å². The summed E-state index contributed by atoms with van der Waals surface area (Å²) in [5.74, 6) is -9.86. The fourth-order valence-corrected chi connectivity index (χ4v) is 8.57. The number of ether oxygens (including phenoxy) is 1. The van der Waals surface area contributed by atoms with Gasteiger partial charge in [0.1, 0.15) is 56.1 Å². The highest BCUT2D eigenvalue weighted by molar-refractivity contribution is 6.14. The number of aliphatic hydroxyl groups is 1. The van der Waals surface area contributed by atoms with Gasteiger partial charge in [-0.3, -0.25) is 48.1 Å². The van der Waals surface area contributed by atoms with E-state index in [1.807, 2.05) is 30.3 Å². The summed E-state index contributed by atoms with van der Waals surface area (Å²) in [6.45, 7) is 5.49. The minimum Gasteiger partial charge on any atom is -0.445 e. The fraction of sp³-hybridized carbons (Fsp3) is 0.382. The van der Waals surface area contributed by atoms with Crippen LogP contribution in [0.4, 0.5) is 13.6 Å². The Morgan fingerprint density at radius 3 is 1.97 bits per heavy atom. The van der Waals surface area contributed by atoms with Crippen LogP contribution in [0.2, 0.25) is 0 Å². The van der Waals surface area contributed by atoms with Crippen LogP contribution in [0.3, 0.4) is 0 Å². The minimum absolute atomic E-state index is 0.0696. The van der Waals surface area contributed by atoms with Crippen LogP contribution in [-0.4, -0.2) is 136 Å². The second-order valence-electron chi connectivity index (χ2n) is 19.9. The molecule has 4 atom stereocenters. The van der Waals surface area contributed by atoms with Crippen molar-refractivity contribution in [2.24, 2.45) is 17.1 Å². The molecule has 79 heavy (non-hydrogen) atoms. The second kappa shape index (κ2) is 28.5. The molecular weight excluding hydrogens is 1030 g/mol. The van der Waals surface area contributed by atoms with Crippen molar-refractivity contribution < 1.29 is 66.6 Å². The predicted octanol–water partition coefficient (Wildman–Crippen LogP) is 1.85. The third-order valence-electron chi connectivity index (χ3n) is 12.4. The molecule has 0 fully saturated rings. The van der Waals surface area contributed by atoms with Crippen molar-refractivity contribution in [2.45, 2.75) is 84.8 Å². The fourth-order valence-electron chi connectivity index (χ4n) is 8.57. The Bertz CT molecular complexity index is 2870. The molecule has 0 aliphatic carbocycles. The molecule has 1 aliphatic rings. The number of primary amides is 1. The number of hydrogen-bond donors (Lipinski definition) is 8. The molecule has 22 nitrogen and oxygen atoms in total. The van der Waals surface area contributed by atoms with E-state index in [1.165, 1.54) is 4.90 Å². The number of carbonyl (C=O) groups excluding carboxylic acids is 10. The number of carbonyl (C=O) groups is 10. The van der Waals surface area contributed by atoms with Crippen LogP contribution in [0.5, 0.6) is 0 Å². The Morgan fingerprint density at radius 2 is 1.37 bits per heavy atom. The summed E-state index contributed by atoms with van der Waals surface area (Å²) in [5.41, 5.74) is 6.75. The number of nitrogens with one attached hydrogen (secondary N) is 6. The summed E-state index contributed by atoms with van der Waals surface area (Å²) < 4.78 is 36.9. The lowest BCUT2D eigenvalue weighted by Gasteiger charge is -2.41. The minimum atomic E-state index is -1.77. The highest BCUT2D eigenvalue weighted by Crippen LogP contribution is 2.41. The maximum Gasteiger partial charge on any atom is 0.407 e. The predicted molar refractivity (Wildman–Crippen MR) is 282 cm³/mol. The number of rotatable bonds is 27. The summed E-state index contributed by atoms with van der Waals surface area (Å²) >= 11 is 0. The quantitative estimate of drug-likeness (QED) is 0.0314. The van der Waals surface area contributed by atoms with Gasteiger partial charge < -0.3 is 56.9 Å². The number of nitrogens with zero attached hydrogens (tertiary/aromatic N) is 3. The van der Waals surface area contributed by atoms with Gasteiger partial charge in [0, 0.05) is 61.3 Å². The number of aliphatic hydroxyl groups excluding tert-OH is 1. The van der Waals surface area contributed by atoms with Gasteiger partial charge in [-0.05, 0) is 53.1 Å². The summed E-state index contributed by atoms with van der Waals surface area (Å²) in [6, 6.07) is 16.8. The Morgan fingerprint density at radius 1 is 0.747 bits per heavy atom. The first-order valence-electron chi connectivity index (χ1n) is 25.3. The number of nitrogens with two attached hydrogens (primary N) is 1. The van der Waals surface area contributed by atoms with E-state index in [2.05, 4.69) is 31.9 Å². The number of amides is 10. The van der Waals surface area contributed by atoms with Gasteiger partial charge in [0.2, 0.25) is 41.4 Å². The molecule has 0 radical (unpaired) electrons. The molecule has 422 valence electrons. The molecule has 3 aromatic carbocycles. The lowest BCUT2D eigenvalue weighted by Crippen LogP contribution is -2.59. The van der Waals surface area contributed by atoms with E-state index in [9.17, 15) is 57.4 Å². The van der Waals surface area contributed by atoms with Gasteiger partial charge in [0.25, 0.3) is 11.8 Å². The number of benzene rings is 3. The van der Waals surface area contributed by atoms with Crippen LogP contribution in [0.15, 0.2) is 103 Å². The van der Waals surface area contributed by atoms with E-state index < -0.39 is 139 Å². The van der Waals surface area contributed by atoms with Gasteiger partial charge in [-0.25, -0.2) is 13.6 Å². The number of aromatic nitrogens is 1. The van der Waals surface area contributed by atoms with Gasteiger partial charge in [0.05, 0.1) is 12.5 Å². The van der Waals surface area contributed by atoms with Crippen LogP contribution in [-0.2, 0) is 61.0 Å². The molecule has 0 saturated heterocycles. The first-order chi connectivity index (χ1) is 37.4. The zero-order valence-electron chi connectivity index (χ0n) is 44.4. The van der Waals surface area contributed by atoms with E-state index in [1.54, 1.807) is 81.8 Å². The van der Waals surface area contributed by atoms with E-state index in [-0.39, 0.29) is 43.9 Å². The summed E-state index contributed by atoms with van der Waals surface area (Å²) in [7, 11) is 0. The van der Waals surface area contributed by atoms with Crippen molar-refractivity contribution in [1.29, 1.82) is 0 Å². The first kappa shape index (κ1) is 61.1. The zero-order chi connectivity index (χ0) is 58.0. The molecule has 1 aliphatic heterocycles. The summed E-state index contributed by atoms with van der Waals surface area (Å²) in [5, 5.41) is 25.3. The largest absolute Gasteiger partial charge is 0.445 e. The van der Waals surface area contributed by atoms with Crippen molar-refractivity contribution >= 4 is 59.3 Å². The molecule has 2 heterocycles. The van der Waals surface area contributed by atoms with Crippen LogP contribution in [0.25, 0.3) is 11.1 Å². The topological polar surface area (TPSA) is 310 Å². The van der Waals surface area contributed by atoms with Crippen molar-refractivity contribution in [1.82, 2.24) is 46.3 Å². The molecule has 9 N–H and O–H groups in total. The molecule has 24 heteroatoms. The lowest BCUT2D eigenvalue weighted by molar-refractivity contribution is -0.141. The van der Waals surface area contributed by atoms with Crippen molar-refractivity contribution in [3.63, 3.8) is 0 Å². The Balaban J connectivity index is 1.41. The molecule has 1 aromatic heterocycles. The third kappa shape index (κ3) is 18.2. The average molecular weight is 1100 g/mol. The van der Waals surface area contributed by atoms with Gasteiger partial charge in [-0.15, -0.1) is 0 Å². The normalized spacial score (nSPS) is 13.7. The standard InChI is InChI=1S/C55H66F2N10O12/c1-33(2)49(64-44(70)27-61-54(78)79-32-35-14-10-7-11-15-35)53(77)63-41(26-43(58)69)52(76)62-40(51(75)60-22-21-59-45(71)30-67-46(72)18-19-47(67)73)20-23-66(48(74)31-68)50(55(3,4)5)42-24-36(38-25-37(56)16-17-39(38)57)29-65(42)28-34-12-8-6-9-13-34/h6-19,24-25,29,33,40-41,49-50,68H,20-23,26-28,30-32H2,1-5H3,(H2,58,69)(H,59,71)(H,60,75)(H,61,78)(H,62,76)(H,63,77)(H,64,70)/t40-,41-,49?,50-/m0/s1. The van der Waals surface area contributed by atoms with Gasteiger partial charge in [-0.2, -0.15) is 0 Å². The number of alkyl carbamates (subject to hydrolysis) is 1. The Kier molecular flexibility index (Phi) is 22.1. The van der Waals surface area contributed by atoms with E-state index in [0.29, 0.717) is 16.2 Å². The van der Waals surface area contributed by atoms with E-state index in [0.717, 1.165) is 35.9 Å². The molecule has 0 saturated carbocycles. The van der Waals surface area contributed by atoms with Crippen LogP contribution >= 0.6 is 0 Å². The first-order valence-corrected chi connectivity index (χ1v) is 25.3. The molecule has 4 aromatic rings. The molecule has 10 amide bonds. The van der Waals surface area contributed by atoms with E-state index >= 15 is 4.39 Å². The number of hydrogen-bond acceptors (Lipinski definition) is 12. The van der Waals surface area contributed by atoms with Crippen molar-refractivity contribution in [3.8, 4) is 11.1 Å². The van der Waals surface area contributed by atoms with Gasteiger partial charge in [0.15, 0.2) is 0 Å². The second-order valence-corrected chi connectivity index (χ2v) is 19.9. The monoisotopic (exact) mass is 1100 g/mol. The van der Waals surface area contributed by atoms with Crippen LogP contribution < -0.4 is 37.6 Å². The summed E-state index contributed by atoms with van der Waals surface area (Å²) in [6.07, 6.45) is 1.48. The maximum atomic E-state index is 15.4. The lowest BCUT2D eigenvalue weighted by atomic mass is 9.82. The van der Waals surface area contributed by atoms with Crippen molar-refractivity contribution in [2.75, 3.05) is 39.3 Å². The smallest absolute Gasteiger partial charge is 0.407 e. The van der Waals surface area contributed by atoms with Crippen LogP contribution in [0, 0.1) is 23.0 Å². The third-order valence-corrected chi connectivity index (χ3v) is 12.4. The molecule has 0 spiro atoms. The maximum absolute atomic E-state index is 15.4. The number of imide groups is 1. The molecular formula is C55H66F2N10O12. The molecule has 5 rings (SSSR count). The highest BCUT2D eigenvalue weighted by atomic mass is 19.1. The van der Waals surface area contributed by atoms with Crippen LogP contribution in [0.1, 0.15) is 70.3 Å². The zero-order valence-corrected chi connectivity index (χ0v) is 44.4. The number of halogens is 2. The van der Waals surface area contributed by atoms with Crippen molar-refractivity contribution in [3.05, 3.63) is 132 Å². The summed E-state index contributed by atoms with van der Waals surface area (Å²) in [4.78, 5) is 133. The Labute approximate surface area is 454 Å². The molecule has 0 bridgehead atoms. The highest BCUT2D eigenvalue weighted by Gasteiger charge is 2.39. The average Bonchev–Trinajstić information content (AvgIpc) is 4.17. The van der Waals surface area contributed by atoms with E-state index in [4.69, 9.17) is 10.5 Å².